The average molecular weight is 884 g/mol. The molecule has 0 amide bonds. The zero-order chi connectivity index (χ0) is 50.8. The molecule has 4 aliphatic rings. The molecule has 0 saturated heterocycles. The van der Waals surface area contributed by atoms with Gasteiger partial charge in [0.1, 0.15) is 0 Å². The smallest absolute Gasteiger partial charge is 0.0133 e. The van der Waals surface area contributed by atoms with Crippen LogP contribution in [0.5, 0.6) is 0 Å². The van der Waals surface area contributed by atoms with E-state index < -0.39 is 0 Å². The van der Waals surface area contributed by atoms with Crippen LogP contribution in [0.15, 0.2) is 172 Å². The van der Waals surface area contributed by atoms with E-state index in [1.165, 1.54) is 75.4 Å². The Morgan fingerprint density at radius 1 is 0.672 bits per heavy atom. The van der Waals surface area contributed by atoms with Crippen LogP contribution in [0.2, 0.25) is 0 Å². The van der Waals surface area contributed by atoms with Crippen LogP contribution < -0.4 is 0 Å². The maximum absolute atomic E-state index is 3.67. The first kappa shape index (κ1) is 74.7. The molecule has 0 aromatic heterocycles. The van der Waals surface area contributed by atoms with E-state index in [0.717, 1.165) is 60.3 Å². The summed E-state index contributed by atoms with van der Waals surface area (Å²) >= 11 is 0. The molecule has 0 radical (unpaired) electrons. The van der Waals surface area contributed by atoms with Gasteiger partial charge in [-0.05, 0) is 162 Å². The van der Waals surface area contributed by atoms with Crippen molar-refractivity contribution >= 4 is 0 Å². The van der Waals surface area contributed by atoms with Crippen molar-refractivity contribution in [3.63, 3.8) is 0 Å². The van der Waals surface area contributed by atoms with Crippen molar-refractivity contribution in [3.8, 4) is 0 Å². The molecule has 0 heterocycles. The van der Waals surface area contributed by atoms with Crippen LogP contribution in [0.4, 0.5) is 0 Å². The first-order chi connectivity index (χ1) is 30.5. The summed E-state index contributed by atoms with van der Waals surface area (Å²) in [6.07, 6.45) is 56.7. The molecule has 4 atom stereocenters. The number of unbranched alkanes of at least 4 members (excludes halogenated alkanes) is 3. The largest absolute Gasteiger partial charge is 0.103 e. The Balaban J connectivity index is -0.000000113. The molecule has 0 heteroatoms. The minimum atomic E-state index is 0.718. The molecule has 0 nitrogen and oxygen atoms in total. The lowest BCUT2D eigenvalue weighted by Crippen LogP contribution is -2.12. The zero-order valence-electron chi connectivity index (χ0n) is 46.4. The molecule has 370 valence electrons. The summed E-state index contributed by atoms with van der Waals surface area (Å²) in [5.41, 5.74) is 3.65. The van der Waals surface area contributed by atoms with Crippen LogP contribution in [-0.2, 0) is 0 Å². The highest BCUT2D eigenvalue weighted by Gasteiger charge is 2.44. The summed E-state index contributed by atoms with van der Waals surface area (Å²) in [6, 6.07) is 0. The molecule has 0 aromatic rings. The summed E-state index contributed by atoms with van der Waals surface area (Å²) in [5.74, 6) is 5.32. The van der Waals surface area contributed by atoms with Crippen molar-refractivity contribution in [2.24, 2.45) is 35.5 Å². The van der Waals surface area contributed by atoms with Gasteiger partial charge in [0, 0.05) is 0 Å². The van der Waals surface area contributed by atoms with Crippen molar-refractivity contribution in [1.29, 1.82) is 0 Å². The highest BCUT2D eigenvalue weighted by molar-refractivity contribution is 5.21. The van der Waals surface area contributed by atoms with Gasteiger partial charge >= 0.3 is 0 Å². The van der Waals surface area contributed by atoms with E-state index in [-0.39, 0.29) is 0 Å². The maximum atomic E-state index is 3.67. The van der Waals surface area contributed by atoms with Gasteiger partial charge in [-0.1, -0.05) is 227 Å². The third kappa shape index (κ3) is 75.7. The first-order valence-corrected chi connectivity index (χ1v) is 25.3. The van der Waals surface area contributed by atoms with Crippen LogP contribution >= 0.6 is 0 Å². The van der Waals surface area contributed by atoms with Crippen LogP contribution in [0.1, 0.15) is 201 Å². The molecule has 0 spiro atoms. The van der Waals surface area contributed by atoms with Gasteiger partial charge in [0.15, 0.2) is 0 Å². The Kier molecular flexibility index (Phi) is 77.0. The van der Waals surface area contributed by atoms with E-state index in [0.29, 0.717) is 0 Å². The molecule has 0 aliphatic heterocycles. The van der Waals surface area contributed by atoms with Crippen LogP contribution in [-0.4, -0.2) is 0 Å². The van der Waals surface area contributed by atoms with Gasteiger partial charge in [-0.2, -0.15) is 0 Å². The van der Waals surface area contributed by atoms with Crippen molar-refractivity contribution in [3.05, 3.63) is 172 Å². The third-order valence-electron chi connectivity index (χ3n) is 9.36. The monoisotopic (exact) mass is 883 g/mol. The second-order valence-corrected chi connectivity index (χ2v) is 17.2. The average Bonchev–Trinajstić information content (AvgIpc) is 4.12. The van der Waals surface area contributed by atoms with E-state index in [2.05, 4.69) is 195 Å². The lowest BCUT2D eigenvalue weighted by atomic mass is 9.86. The summed E-state index contributed by atoms with van der Waals surface area (Å²) in [4.78, 5) is 0. The quantitative estimate of drug-likeness (QED) is 0.104. The SMILES string of the molecule is C/C=C/C(C)C.C/C=C/CC.C/C=C/CCC.C1=CC2C3C=CC(C3)C2C1.C1=CCCC1.C=C(C)CC.C=C/C=C/C.C=CC(=C)C.C=CCC(C)C.C=CCCCC.CC=C(C)C. The fourth-order valence-electron chi connectivity index (χ4n) is 5.33. The van der Waals surface area contributed by atoms with E-state index in [1.54, 1.807) is 12.2 Å². The van der Waals surface area contributed by atoms with Gasteiger partial charge in [0.25, 0.3) is 0 Å². The predicted molar refractivity (Wildman–Crippen MR) is 309 cm³/mol. The molecule has 4 aliphatic carbocycles. The van der Waals surface area contributed by atoms with Crippen LogP contribution in [0.25, 0.3) is 0 Å². The molecular weight excluding hydrogens is 769 g/mol. The summed E-state index contributed by atoms with van der Waals surface area (Å²) in [7, 11) is 0. The van der Waals surface area contributed by atoms with Gasteiger partial charge in [-0.25, -0.2) is 0 Å². The van der Waals surface area contributed by atoms with Gasteiger partial charge in [0.2, 0.25) is 0 Å². The molecule has 0 N–H and O–H groups in total. The van der Waals surface area contributed by atoms with Gasteiger partial charge < -0.3 is 0 Å². The topological polar surface area (TPSA) is 0 Å². The molecule has 4 unspecified atom stereocenters. The van der Waals surface area contributed by atoms with E-state index in [4.69, 9.17) is 0 Å². The number of fused-ring (bicyclic) bond motifs is 5. The number of rotatable bonds is 12. The van der Waals surface area contributed by atoms with Crippen LogP contribution in [0, 0.1) is 35.5 Å². The highest BCUT2D eigenvalue weighted by atomic mass is 14.5. The Hall–Kier alpha value is -3.64. The predicted octanol–water partition coefficient (Wildman–Crippen LogP) is 22.7. The molecule has 1 saturated carbocycles. The normalized spacial score (nSPS) is 16.9. The highest BCUT2D eigenvalue weighted by Crippen LogP contribution is 2.52. The molecule has 0 aromatic carbocycles. The van der Waals surface area contributed by atoms with Gasteiger partial charge in [0.05, 0.1) is 0 Å². The van der Waals surface area contributed by atoms with Gasteiger partial charge in [-0.3, -0.25) is 0 Å². The maximum Gasteiger partial charge on any atom is -0.0133 e. The summed E-state index contributed by atoms with van der Waals surface area (Å²) < 4.78 is 0. The number of hydrogen-bond donors (Lipinski definition) is 0. The second-order valence-electron chi connectivity index (χ2n) is 17.2. The molecule has 1 fully saturated rings. The Labute approximate surface area is 406 Å². The minimum Gasteiger partial charge on any atom is -0.103 e. The Morgan fingerprint density at radius 2 is 1.20 bits per heavy atom. The Bertz CT molecular complexity index is 1230. The standard InChI is InChI=1S/C10H12.4C6H12.C5H8.2C5H10.C5H8.C5H10.C5H8/c1-2-9-7-4-5-8(6-7)10(9)3-1;2*1-4-5-6(2)3;2*1-3-5-6-4-2;1-2-4-5-3-1;3*1-4-5(2)3;2*1-3-5-4-2/h1-2,4-5,7-10H,3,6H2;4-6H,1-3H3;4,6H,1,5H2,2-3H3;3,5H,4,6H2,1-2H3;3H,1,4-6H2,2H3;1-2H,3-5H2;4H,1-3H3;2,4H2,1,3H3;4H,1-2H2,3H3;3,5H,4H2,1-2H3;3-5H,1H2,2H3/b;5-4+;;5-3+;;;;;;5-3+;5-4+. The van der Waals surface area contributed by atoms with E-state index in [9.17, 15) is 0 Å². The minimum absolute atomic E-state index is 0.718. The van der Waals surface area contributed by atoms with Crippen molar-refractivity contribution in [2.75, 3.05) is 0 Å². The zero-order valence-corrected chi connectivity index (χ0v) is 46.4. The lowest BCUT2D eigenvalue weighted by Gasteiger charge is -2.18. The van der Waals surface area contributed by atoms with Crippen LogP contribution in [0.3, 0.4) is 0 Å². The molecule has 2 bridgehead atoms. The first-order valence-electron chi connectivity index (χ1n) is 25.3. The second kappa shape index (κ2) is 66.0. The summed E-state index contributed by atoms with van der Waals surface area (Å²) in [6.45, 7) is 56.9. The molecule has 4 rings (SSSR count). The van der Waals surface area contributed by atoms with Crippen molar-refractivity contribution in [1.82, 2.24) is 0 Å². The van der Waals surface area contributed by atoms with Crippen molar-refractivity contribution in [2.45, 2.75) is 201 Å². The number of allylic oxidation sites excluding steroid dienone is 22. The van der Waals surface area contributed by atoms with E-state index >= 15 is 0 Å². The Morgan fingerprint density at radius 3 is 1.39 bits per heavy atom. The van der Waals surface area contributed by atoms with E-state index in [1.807, 2.05) is 65.8 Å². The fraction of sp³-hybridized carbons (Fsp3) is 0.562. The summed E-state index contributed by atoms with van der Waals surface area (Å²) in [5, 5.41) is 0. The third-order valence-corrected chi connectivity index (χ3v) is 9.36. The lowest BCUT2D eigenvalue weighted by molar-refractivity contribution is 0.398. The molecule has 64 heavy (non-hydrogen) atoms. The van der Waals surface area contributed by atoms with Crippen molar-refractivity contribution < 1.29 is 0 Å². The van der Waals surface area contributed by atoms with Gasteiger partial charge in [-0.15, -0.1) is 19.7 Å². The fourth-order valence-corrected chi connectivity index (χ4v) is 5.33. The molecular formula is C64H114. The number of hydrogen-bond acceptors (Lipinski definition) is 0.